The summed E-state index contributed by atoms with van der Waals surface area (Å²) in [5.41, 5.74) is 4.38. The van der Waals surface area contributed by atoms with Crippen LogP contribution in [-0.2, 0) is 13.1 Å². The van der Waals surface area contributed by atoms with Crippen molar-refractivity contribution in [1.82, 2.24) is 25.1 Å². The fraction of sp³-hybridized carbons (Fsp3) is 0.235. The quantitative estimate of drug-likeness (QED) is 0.684. The summed E-state index contributed by atoms with van der Waals surface area (Å²) in [4.78, 5) is 11.0. The van der Waals surface area contributed by atoms with Crippen molar-refractivity contribution in [3.05, 3.63) is 60.3 Å². The largest absolute Gasteiger partial charge is 0.383 e. The standard InChI is InChI=1S/C17H19N7/c1-2-14(10-18-4-1)22-17-8-16-13(9-20-17)11-24(7-6-19-16)12-15-3-5-21-23-15/h1-5,8-10,19H,6-7,11-12H2,(H,20,22)(H,21,23). The SMILES string of the molecule is c1cncc(Nc2cc3c(cn2)CN(Cc2ccn[nH]2)CCN3)c1. The van der Waals surface area contributed by atoms with Crippen LogP contribution in [0.25, 0.3) is 0 Å². The van der Waals surface area contributed by atoms with E-state index in [2.05, 4.69) is 41.8 Å². The number of H-pyrrole nitrogens is 1. The van der Waals surface area contributed by atoms with Gasteiger partial charge in [-0.05, 0) is 18.2 Å². The van der Waals surface area contributed by atoms with Crippen molar-refractivity contribution in [3.63, 3.8) is 0 Å². The Kier molecular flexibility index (Phi) is 4.07. The van der Waals surface area contributed by atoms with E-state index in [-0.39, 0.29) is 0 Å². The zero-order chi connectivity index (χ0) is 16.2. The predicted octanol–water partition coefficient (Wildman–Crippen LogP) is 2.37. The first-order valence-electron chi connectivity index (χ1n) is 7.97. The zero-order valence-corrected chi connectivity index (χ0v) is 13.2. The van der Waals surface area contributed by atoms with Gasteiger partial charge in [-0.3, -0.25) is 15.0 Å². The van der Waals surface area contributed by atoms with E-state index >= 15 is 0 Å². The van der Waals surface area contributed by atoms with Gasteiger partial charge in [-0.1, -0.05) is 0 Å². The summed E-state index contributed by atoms with van der Waals surface area (Å²) < 4.78 is 0. The Bertz CT molecular complexity index is 786. The molecular weight excluding hydrogens is 302 g/mol. The first kappa shape index (κ1) is 14.6. The van der Waals surface area contributed by atoms with E-state index in [4.69, 9.17) is 0 Å². The normalized spacial score (nSPS) is 14.5. The fourth-order valence-electron chi connectivity index (χ4n) is 2.84. The number of aromatic amines is 1. The zero-order valence-electron chi connectivity index (χ0n) is 13.2. The Balaban J connectivity index is 1.49. The highest BCUT2D eigenvalue weighted by Gasteiger charge is 2.15. The van der Waals surface area contributed by atoms with Crippen LogP contribution in [0.1, 0.15) is 11.3 Å². The summed E-state index contributed by atoms with van der Waals surface area (Å²) in [5, 5.41) is 13.8. The lowest BCUT2D eigenvalue weighted by Crippen LogP contribution is -2.25. The highest BCUT2D eigenvalue weighted by molar-refractivity contribution is 5.62. The predicted molar refractivity (Wildman–Crippen MR) is 92.9 cm³/mol. The molecule has 7 nitrogen and oxygen atoms in total. The van der Waals surface area contributed by atoms with Crippen LogP contribution in [0.3, 0.4) is 0 Å². The molecule has 0 spiro atoms. The summed E-state index contributed by atoms with van der Waals surface area (Å²) >= 11 is 0. The molecule has 0 saturated carbocycles. The topological polar surface area (TPSA) is 81.8 Å². The Hall–Kier alpha value is -2.93. The molecule has 4 rings (SSSR count). The third kappa shape index (κ3) is 3.36. The van der Waals surface area contributed by atoms with Gasteiger partial charge in [0.25, 0.3) is 0 Å². The number of rotatable bonds is 4. The number of nitrogens with one attached hydrogen (secondary N) is 3. The molecule has 3 aromatic rings. The maximum Gasteiger partial charge on any atom is 0.132 e. The van der Waals surface area contributed by atoms with Crippen molar-refractivity contribution in [2.24, 2.45) is 0 Å². The maximum absolute atomic E-state index is 4.53. The molecule has 24 heavy (non-hydrogen) atoms. The van der Waals surface area contributed by atoms with Crippen LogP contribution in [0.5, 0.6) is 0 Å². The van der Waals surface area contributed by atoms with Gasteiger partial charge in [-0.25, -0.2) is 4.98 Å². The number of anilines is 3. The number of hydrogen-bond donors (Lipinski definition) is 3. The molecule has 0 atom stereocenters. The number of hydrogen-bond acceptors (Lipinski definition) is 6. The van der Waals surface area contributed by atoms with E-state index in [9.17, 15) is 0 Å². The van der Waals surface area contributed by atoms with Gasteiger partial charge in [-0.15, -0.1) is 0 Å². The molecule has 7 heteroatoms. The molecule has 1 aliphatic rings. The summed E-state index contributed by atoms with van der Waals surface area (Å²) in [7, 11) is 0. The van der Waals surface area contributed by atoms with E-state index < -0.39 is 0 Å². The van der Waals surface area contributed by atoms with Crippen molar-refractivity contribution in [2.75, 3.05) is 23.7 Å². The van der Waals surface area contributed by atoms with Gasteiger partial charge in [0.2, 0.25) is 0 Å². The average molecular weight is 321 g/mol. The van der Waals surface area contributed by atoms with Gasteiger partial charge in [0, 0.05) is 67.8 Å². The van der Waals surface area contributed by atoms with Crippen molar-refractivity contribution in [2.45, 2.75) is 13.1 Å². The highest BCUT2D eigenvalue weighted by atomic mass is 15.2. The van der Waals surface area contributed by atoms with Crippen LogP contribution in [0.15, 0.2) is 49.1 Å². The second-order valence-electron chi connectivity index (χ2n) is 5.81. The molecule has 0 amide bonds. The van der Waals surface area contributed by atoms with Crippen molar-refractivity contribution in [1.29, 1.82) is 0 Å². The molecule has 0 aliphatic carbocycles. The molecule has 1 aliphatic heterocycles. The second kappa shape index (κ2) is 6.67. The Morgan fingerprint density at radius 3 is 3.04 bits per heavy atom. The summed E-state index contributed by atoms with van der Waals surface area (Å²) in [6, 6.07) is 7.94. The minimum Gasteiger partial charge on any atom is -0.383 e. The molecule has 3 N–H and O–H groups in total. The first-order valence-corrected chi connectivity index (χ1v) is 7.97. The Morgan fingerprint density at radius 2 is 2.21 bits per heavy atom. The molecule has 0 unspecified atom stereocenters. The third-order valence-electron chi connectivity index (χ3n) is 4.01. The molecule has 4 heterocycles. The molecule has 122 valence electrons. The molecular formula is C17H19N7. The van der Waals surface area contributed by atoms with Crippen LogP contribution in [0.4, 0.5) is 17.2 Å². The molecule has 0 bridgehead atoms. The fourth-order valence-corrected chi connectivity index (χ4v) is 2.84. The van der Waals surface area contributed by atoms with Crippen LogP contribution in [-0.4, -0.2) is 38.2 Å². The molecule has 0 radical (unpaired) electrons. The first-order chi connectivity index (χ1) is 11.9. The van der Waals surface area contributed by atoms with Crippen LogP contribution >= 0.6 is 0 Å². The smallest absolute Gasteiger partial charge is 0.132 e. The lowest BCUT2D eigenvalue weighted by molar-refractivity contribution is 0.268. The number of aromatic nitrogens is 4. The van der Waals surface area contributed by atoms with E-state index in [0.29, 0.717) is 0 Å². The maximum atomic E-state index is 4.53. The van der Waals surface area contributed by atoms with Gasteiger partial charge in [0.15, 0.2) is 0 Å². The van der Waals surface area contributed by atoms with Gasteiger partial charge in [0.1, 0.15) is 5.82 Å². The average Bonchev–Trinajstić information content (AvgIpc) is 3.02. The monoisotopic (exact) mass is 321 g/mol. The number of pyridine rings is 2. The van der Waals surface area contributed by atoms with Gasteiger partial charge >= 0.3 is 0 Å². The van der Waals surface area contributed by atoms with Gasteiger partial charge in [-0.2, -0.15) is 5.10 Å². The third-order valence-corrected chi connectivity index (χ3v) is 4.01. The summed E-state index contributed by atoms with van der Waals surface area (Å²) in [6.07, 6.45) is 7.27. The minimum absolute atomic E-state index is 0.816. The second-order valence-corrected chi connectivity index (χ2v) is 5.81. The molecule has 3 aromatic heterocycles. The van der Waals surface area contributed by atoms with Crippen LogP contribution in [0, 0.1) is 0 Å². The van der Waals surface area contributed by atoms with Crippen molar-refractivity contribution >= 4 is 17.2 Å². The Morgan fingerprint density at radius 1 is 1.21 bits per heavy atom. The lowest BCUT2D eigenvalue weighted by atomic mass is 10.2. The van der Waals surface area contributed by atoms with E-state index in [1.165, 1.54) is 5.56 Å². The van der Waals surface area contributed by atoms with Gasteiger partial charge in [0.05, 0.1) is 11.9 Å². The van der Waals surface area contributed by atoms with E-state index in [1.54, 1.807) is 18.6 Å². The summed E-state index contributed by atoms with van der Waals surface area (Å²) in [6.45, 7) is 3.59. The van der Waals surface area contributed by atoms with E-state index in [0.717, 1.165) is 49.1 Å². The van der Waals surface area contributed by atoms with Crippen LogP contribution in [0.2, 0.25) is 0 Å². The van der Waals surface area contributed by atoms with Crippen LogP contribution < -0.4 is 10.6 Å². The number of nitrogens with zero attached hydrogens (tertiary/aromatic N) is 4. The highest BCUT2D eigenvalue weighted by Crippen LogP contribution is 2.24. The summed E-state index contributed by atoms with van der Waals surface area (Å²) in [5.74, 6) is 0.816. The molecule has 0 saturated heterocycles. The number of fused-ring (bicyclic) bond motifs is 1. The molecule has 0 aromatic carbocycles. The van der Waals surface area contributed by atoms with Crippen molar-refractivity contribution in [3.8, 4) is 0 Å². The minimum atomic E-state index is 0.816. The Labute approximate surface area is 140 Å². The van der Waals surface area contributed by atoms with E-state index in [1.807, 2.05) is 24.4 Å². The lowest BCUT2D eigenvalue weighted by Gasteiger charge is -2.18. The van der Waals surface area contributed by atoms with Crippen molar-refractivity contribution < 1.29 is 0 Å². The van der Waals surface area contributed by atoms with Gasteiger partial charge < -0.3 is 10.6 Å². The molecule has 0 fully saturated rings.